The summed E-state index contributed by atoms with van der Waals surface area (Å²) in [5.41, 5.74) is 6.99. The molecule has 7 heteroatoms. The SMILES string of the molecule is O=C1NCCc2[nH]c(-c3ccnc(-c4ccc5[nH]c(C(=O)N6CCCC6)cc5c4)c3)cc21. The number of carbonyl (C=O) groups is 2. The number of H-pyrrole nitrogens is 2. The van der Waals surface area contributed by atoms with Crippen LogP contribution in [0.5, 0.6) is 0 Å². The van der Waals surface area contributed by atoms with Gasteiger partial charge in [-0.05, 0) is 49.2 Å². The highest BCUT2D eigenvalue weighted by atomic mass is 16.2. The maximum atomic E-state index is 12.7. The van der Waals surface area contributed by atoms with Crippen LogP contribution < -0.4 is 5.32 Å². The van der Waals surface area contributed by atoms with E-state index in [1.807, 2.05) is 41.3 Å². The van der Waals surface area contributed by atoms with Crippen molar-refractivity contribution in [1.29, 1.82) is 0 Å². The Hall–Kier alpha value is -3.87. The lowest BCUT2D eigenvalue weighted by atomic mass is 10.1. The van der Waals surface area contributed by atoms with Gasteiger partial charge in [0.15, 0.2) is 0 Å². The molecule has 2 aliphatic heterocycles. The van der Waals surface area contributed by atoms with Gasteiger partial charge in [0.05, 0.1) is 11.3 Å². The van der Waals surface area contributed by atoms with Crippen molar-refractivity contribution in [2.75, 3.05) is 19.6 Å². The van der Waals surface area contributed by atoms with Crippen molar-refractivity contribution in [1.82, 2.24) is 25.2 Å². The van der Waals surface area contributed by atoms with Crippen molar-refractivity contribution in [3.63, 3.8) is 0 Å². The van der Waals surface area contributed by atoms with E-state index in [1.54, 1.807) is 6.20 Å². The first-order valence-electron chi connectivity index (χ1n) is 11.0. The van der Waals surface area contributed by atoms with Crippen molar-refractivity contribution in [3.05, 3.63) is 65.6 Å². The fourth-order valence-corrected chi connectivity index (χ4v) is 4.70. The van der Waals surface area contributed by atoms with Gasteiger partial charge in [0.2, 0.25) is 0 Å². The molecule has 0 unspecified atom stereocenters. The summed E-state index contributed by atoms with van der Waals surface area (Å²) in [5, 5.41) is 3.87. The molecule has 0 spiro atoms. The molecule has 3 aromatic heterocycles. The summed E-state index contributed by atoms with van der Waals surface area (Å²) >= 11 is 0. The normalized spacial score (nSPS) is 15.8. The number of nitrogens with zero attached hydrogens (tertiary/aromatic N) is 2. The lowest BCUT2D eigenvalue weighted by Gasteiger charge is -2.13. The average Bonchev–Trinajstić information content (AvgIpc) is 3.58. The molecule has 32 heavy (non-hydrogen) atoms. The molecular weight excluding hydrogens is 402 g/mol. The highest BCUT2D eigenvalue weighted by molar-refractivity contribution is 5.99. The number of benzene rings is 1. The summed E-state index contributed by atoms with van der Waals surface area (Å²) in [6.07, 6.45) is 4.75. The Labute approximate surface area is 184 Å². The molecule has 160 valence electrons. The molecule has 1 saturated heterocycles. The summed E-state index contributed by atoms with van der Waals surface area (Å²) in [6, 6.07) is 13.9. The predicted octanol–water partition coefficient (Wildman–Crippen LogP) is 3.75. The molecule has 0 bridgehead atoms. The molecule has 2 aliphatic rings. The average molecular weight is 425 g/mol. The maximum absolute atomic E-state index is 12.7. The highest BCUT2D eigenvalue weighted by Crippen LogP contribution is 2.29. The Morgan fingerprint density at radius 1 is 0.969 bits per heavy atom. The van der Waals surface area contributed by atoms with Gasteiger partial charge in [-0.15, -0.1) is 0 Å². The molecule has 1 aromatic carbocycles. The zero-order valence-corrected chi connectivity index (χ0v) is 17.6. The molecular formula is C25H23N5O2. The van der Waals surface area contributed by atoms with Gasteiger partial charge in [-0.1, -0.05) is 6.07 Å². The van der Waals surface area contributed by atoms with E-state index in [0.29, 0.717) is 17.8 Å². The zero-order valence-electron chi connectivity index (χ0n) is 17.6. The van der Waals surface area contributed by atoms with Crippen LogP contribution in [0.1, 0.15) is 39.4 Å². The van der Waals surface area contributed by atoms with E-state index in [-0.39, 0.29) is 11.8 Å². The van der Waals surface area contributed by atoms with E-state index in [1.165, 1.54) is 0 Å². The van der Waals surface area contributed by atoms with Crippen LogP contribution in [0.25, 0.3) is 33.4 Å². The molecule has 0 saturated carbocycles. The van der Waals surface area contributed by atoms with Crippen molar-refractivity contribution in [2.24, 2.45) is 0 Å². The predicted molar refractivity (Wildman–Crippen MR) is 122 cm³/mol. The zero-order chi connectivity index (χ0) is 21.7. The minimum absolute atomic E-state index is 0.0276. The Morgan fingerprint density at radius 3 is 2.69 bits per heavy atom. The van der Waals surface area contributed by atoms with Crippen molar-refractivity contribution in [3.8, 4) is 22.5 Å². The molecule has 0 radical (unpaired) electrons. The molecule has 3 N–H and O–H groups in total. The number of pyridine rings is 1. The smallest absolute Gasteiger partial charge is 0.270 e. The molecule has 2 amide bonds. The quantitative estimate of drug-likeness (QED) is 0.467. The number of aromatic amines is 2. The Kier molecular flexibility index (Phi) is 4.35. The first kappa shape index (κ1) is 18.9. The van der Waals surface area contributed by atoms with Crippen LogP contribution in [-0.2, 0) is 6.42 Å². The van der Waals surface area contributed by atoms with Gasteiger partial charge in [-0.3, -0.25) is 14.6 Å². The van der Waals surface area contributed by atoms with Crippen molar-refractivity contribution in [2.45, 2.75) is 19.3 Å². The fourth-order valence-electron chi connectivity index (χ4n) is 4.70. The standard InChI is InChI=1S/C25H23N5O2/c31-24-18-14-22(29-20(18)6-8-27-24)16-5-7-26-21(12-16)15-3-4-19-17(11-15)13-23(28-19)25(32)30-9-1-2-10-30/h3-5,7,11-14,28-29H,1-2,6,8-10H2,(H,27,31). The monoisotopic (exact) mass is 425 g/mol. The van der Waals surface area contributed by atoms with Crippen LogP contribution >= 0.6 is 0 Å². The molecule has 4 aromatic rings. The van der Waals surface area contributed by atoms with Gasteiger partial charge in [0.25, 0.3) is 11.8 Å². The number of carbonyl (C=O) groups excluding carboxylic acids is 2. The number of amides is 2. The molecule has 0 aliphatic carbocycles. The lowest BCUT2D eigenvalue weighted by molar-refractivity contribution is 0.0787. The Morgan fingerprint density at radius 2 is 1.84 bits per heavy atom. The second-order valence-electron chi connectivity index (χ2n) is 8.50. The molecule has 7 nitrogen and oxygen atoms in total. The molecule has 0 atom stereocenters. The van der Waals surface area contributed by atoms with Gasteiger partial charge in [-0.2, -0.15) is 0 Å². The number of rotatable bonds is 3. The largest absolute Gasteiger partial charge is 0.358 e. The van der Waals surface area contributed by atoms with Gasteiger partial charge < -0.3 is 20.2 Å². The van der Waals surface area contributed by atoms with Crippen LogP contribution in [0.4, 0.5) is 0 Å². The van der Waals surface area contributed by atoms with Gasteiger partial charge in [-0.25, -0.2) is 0 Å². The number of fused-ring (bicyclic) bond motifs is 2. The number of likely N-dealkylation sites (tertiary alicyclic amines) is 1. The Balaban J connectivity index is 1.33. The summed E-state index contributed by atoms with van der Waals surface area (Å²) < 4.78 is 0. The summed E-state index contributed by atoms with van der Waals surface area (Å²) in [5.74, 6) is 0.0420. The third-order valence-corrected chi connectivity index (χ3v) is 6.42. The summed E-state index contributed by atoms with van der Waals surface area (Å²) in [7, 11) is 0. The fraction of sp³-hybridized carbons (Fsp3) is 0.240. The molecule has 5 heterocycles. The molecule has 6 rings (SSSR count). The van der Waals surface area contributed by atoms with Crippen LogP contribution in [-0.4, -0.2) is 51.3 Å². The number of hydrogen-bond donors (Lipinski definition) is 3. The molecule has 1 fully saturated rings. The van der Waals surface area contributed by atoms with Gasteiger partial charge in [0, 0.05) is 65.7 Å². The van der Waals surface area contributed by atoms with E-state index in [4.69, 9.17) is 0 Å². The third-order valence-electron chi connectivity index (χ3n) is 6.42. The van der Waals surface area contributed by atoms with E-state index in [2.05, 4.69) is 26.3 Å². The van der Waals surface area contributed by atoms with E-state index in [9.17, 15) is 9.59 Å². The first-order valence-corrected chi connectivity index (χ1v) is 11.0. The first-order chi connectivity index (χ1) is 15.7. The van der Waals surface area contributed by atoms with E-state index in [0.717, 1.165) is 71.5 Å². The van der Waals surface area contributed by atoms with Crippen LogP contribution in [0.2, 0.25) is 0 Å². The third kappa shape index (κ3) is 3.17. The van der Waals surface area contributed by atoms with E-state index < -0.39 is 0 Å². The number of aromatic nitrogens is 3. The second kappa shape index (κ2) is 7.37. The number of nitrogens with one attached hydrogen (secondary N) is 3. The topological polar surface area (TPSA) is 93.9 Å². The van der Waals surface area contributed by atoms with Crippen LogP contribution in [0.3, 0.4) is 0 Å². The maximum Gasteiger partial charge on any atom is 0.270 e. The van der Waals surface area contributed by atoms with Crippen LogP contribution in [0, 0.1) is 0 Å². The Bertz CT molecular complexity index is 1360. The van der Waals surface area contributed by atoms with Gasteiger partial charge in [0.1, 0.15) is 5.69 Å². The lowest BCUT2D eigenvalue weighted by Crippen LogP contribution is -2.31. The summed E-state index contributed by atoms with van der Waals surface area (Å²) in [4.78, 5) is 38.0. The van der Waals surface area contributed by atoms with Crippen molar-refractivity contribution >= 4 is 22.7 Å². The second-order valence-corrected chi connectivity index (χ2v) is 8.50. The highest BCUT2D eigenvalue weighted by Gasteiger charge is 2.22. The number of hydrogen-bond acceptors (Lipinski definition) is 3. The van der Waals surface area contributed by atoms with Crippen molar-refractivity contribution < 1.29 is 9.59 Å². The van der Waals surface area contributed by atoms with Crippen LogP contribution in [0.15, 0.2) is 48.7 Å². The summed E-state index contributed by atoms with van der Waals surface area (Å²) in [6.45, 7) is 2.33. The van der Waals surface area contributed by atoms with Gasteiger partial charge >= 0.3 is 0 Å². The van der Waals surface area contributed by atoms with E-state index >= 15 is 0 Å². The minimum Gasteiger partial charge on any atom is -0.358 e. The minimum atomic E-state index is -0.0276.